The second kappa shape index (κ2) is 4.13. The third-order valence-corrected chi connectivity index (χ3v) is 4.49. The predicted octanol–water partition coefficient (Wildman–Crippen LogP) is 3.59. The van der Waals surface area contributed by atoms with Gasteiger partial charge in [0, 0.05) is 0 Å². The Morgan fingerprint density at radius 1 is 1.00 bits per heavy atom. The van der Waals surface area contributed by atoms with Crippen molar-refractivity contribution < 1.29 is 0 Å². The van der Waals surface area contributed by atoms with E-state index in [1.807, 2.05) is 0 Å². The summed E-state index contributed by atoms with van der Waals surface area (Å²) in [4.78, 5) is 0. The largest absolute Gasteiger partial charge is 0.0933 e. The van der Waals surface area contributed by atoms with Crippen molar-refractivity contribution in [2.45, 2.75) is 6.42 Å². The molecule has 1 aliphatic carbocycles. The van der Waals surface area contributed by atoms with E-state index in [0.717, 1.165) is 15.0 Å². The highest BCUT2D eigenvalue weighted by Gasteiger charge is 2.19. The summed E-state index contributed by atoms with van der Waals surface area (Å²) in [6.45, 7) is 6.52. The number of fused-ring (bicyclic) bond motifs is 2. The van der Waals surface area contributed by atoms with Crippen LogP contribution in [0.5, 0.6) is 0 Å². The van der Waals surface area contributed by atoms with Crippen LogP contribution < -0.4 is 5.30 Å². The fraction of sp³-hybridized carbons (Fsp3) is 0.125. The molecule has 0 saturated carbocycles. The molecule has 0 spiro atoms. The number of hydrogen-bond acceptors (Lipinski definition) is 0. The zero-order valence-electron chi connectivity index (χ0n) is 9.96. The molecule has 17 heavy (non-hydrogen) atoms. The summed E-state index contributed by atoms with van der Waals surface area (Å²) >= 11 is 0. The lowest BCUT2D eigenvalue weighted by molar-refractivity contribution is 1.15. The molecule has 0 bridgehead atoms. The molecular formula is C16H15P. The minimum Gasteiger partial charge on any atom is -0.0933 e. The molecule has 1 unspecified atom stereocenters. The van der Waals surface area contributed by atoms with Crippen molar-refractivity contribution in [1.82, 2.24) is 0 Å². The molecule has 0 saturated heterocycles. The summed E-state index contributed by atoms with van der Waals surface area (Å²) in [5, 5.41) is 1.48. The SMILES string of the molecule is C=C1c2ccccc2Cc2c(PC)cccc21. The lowest BCUT2D eigenvalue weighted by Crippen LogP contribution is -2.14. The van der Waals surface area contributed by atoms with Crippen molar-refractivity contribution in [1.29, 1.82) is 0 Å². The summed E-state index contributed by atoms with van der Waals surface area (Å²) < 4.78 is 0. The summed E-state index contributed by atoms with van der Waals surface area (Å²) in [6.07, 6.45) is 1.06. The molecule has 1 heteroatoms. The average Bonchev–Trinajstić information content (AvgIpc) is 2.38. The molecule has 0 aromatic heterocycles. The van der Waals surface area contributed by atoms with Crippen molar-refractivity contribution in [3.63, 3.8) is 0 Å². The van der Waals surface area contributed by atoms with Crippen LogP contribution in [0.2, 0.25) is 0 Å². The van der Waals surface area contributed by atoms with E-state index in [1.54, 1.807) is 0 Å². The topological polar surface area (TPSA) is 0 Å². The highest BCUT2D eigenvalue weighted by atomic mass is 31.1. The molecule has 0 heterocycles. The van der Waals surface area contributed by atoms with E-state index in [4.69, 9.17) is 0 Å². The molecule has 2 aromatic rings. The van der Waals surface area contributed by atoms with E-state index in [0.29, 0.717) is 0 Å². The van der Waals surface area contributed by atoms with Gasteiger partial charge in [-0.15, -0.1) is 0 Å². The fourth-order valence-corrected chi connectivity index (χ4v) is 3.39. The Labute approximate surface area is 104 Å². The Kier molecular flexibility index (Phi) is 2.61. The Hall–Kier alpha value is -1.39. The van der Waals surface area contributed by atoms with Crippen molar-refractivity contribution in [2.24, 2.45) is 0 Å². The maximum absolute atomic E-state index is 4.28. The van der Waals surface area contributed by atoms with Gasteiger partial charge in [-0.25, -0.2) is 0 Å². The number of hydrogen-bond donors (Lipinski definition) is 0. The zero-order chi connectivity index (χ0) is 11.8. The van der Waals surface area contributed by atoms with Gasteiger partial charge < -0.3 is 0 Å². The van der Waals surface area contributed by atoms with Gasteiger partial charge >= 0.3 is 0 Å². The zero-order valence-corrected chi connectivity index (χ0v) is 11.0. The van der Waals surface area contributed by atoms with Crippen LogP contribution in [0.1, 0.15) is 22.3 Å². The summed E-state index contributed by atoms with van der Waals surface area (Å²) in [5.41, 5.74) is 6.74. The molecule has 1 atom stereocenters. The standard InChI is InChI=1S/C16H15P/c1-11-13-7-4-3-6-12(13)10-15-14(11)8-5-9-16(15)17-2/h3-9,17H,1,10H2,2H3. The van der Waals surface area contributed by atoms with Gasteiger partial charge in [-0.2, -0.15) is 0 Å². The van der Waals surface area contributed by atoms with Crippen molar-refractivity contribution in [3.8, 4) is 0 Å². The average molecular weight is 238 g/mol. The number of benzene rings is 2. The van der Waals surface area contributed by atoms with Crippen LogP contribution in [0.4, 0.5) is 0 Å². The highest BCUT2D eigenvalue weighted by Crippen LogP contribution is 2.34. The highest BCUT2D eigenvalue weighted by molar-refractivity contribution is 7.46. The first-order valence-electron chi connectivity index (χ1n) is 5.88. The summed E-state index contributed by atoms with van der Waals surface area (Å²) in [5.74, 6) is 0. The Morgan fingerprint density at radius 3 is 2.59 bits per heavy atom. The Bertz CT molecular complexity index is 596. The maximum atomic E-state index is 4.28. The van der Waals surface area contributed by atoms with Crippen molar-refractivity contribution in [3.05, 3.63) is 71.3 Å². The normalized spacial score (nSPS) is 13.8. The third kappa shape index (κ3) is 1.64. The minimum absolute atomic E-state index is 0.855. The van der Waals surface area contributed by atoms with Gasteiger partial charge in [0.1, 0.15) is 0 Å². The van der Waals surface area contributed by atoms with E-state index >= 15 is 0 Å². The summed E-state index contributed by atoms with van der Waals surface area (Å²) in [7, 11) is 0.855. The van der Waals surface area contributed by atoms with Crippen LogP contribution in [-0.2, 0) is 6.42 Å². The van der Waals surface area contributed by atoms with Crippen molar-refractivity contribution >= 4 is 19.5 Å². The molecule has 1 aliphatic rings. The first-order chi connectivity index (χ1) is 8.31. The second-order valence-electron chi connectivity index (χ2n) is 4.39. The van der Waals surface area contributed by atoms with Gasteiger partial charge in [-0.05, 0) is 46.2 Å². The van der Waals surface area contributed by atoms with Crippen molar-refractivity contribution in [2.75, 3.05) is 6.66 Å². The Morgan fingerprint density at radius 2 is 1.76 bits per heavy atom. The second-order valence-corrected chi connectivity index (χ2v) is 5.43. The van der Waals surface area contributed by atoms with Crippen LogP contribution >= 0.6 is 8.58 Å². The third-order valence-electron chi connectivity index (χ3n) is 3.48. The van der Waals surface area contributed by atoms with E-state index in [2.05, 4.69) is 55.7 Å². The molecule has 3 rings (SSSR count). The van der Waals surface area contributed by atoms with E-state index in [1.165, 1.54) is 33.1 Å². The van der Waals surface area contributed by atoms with E-state index in [-0.39, 0.29) is 0 Å². The predicted molar refractivity (Wildman–Crippen MR) is 77.7 cm³/mol. The molecular weight excluding hydrogens is 223 g/mol. The lowest BCUT2D eigenvalue weighted by Gasteiger charge is -2.23. The monoisotopic (exact) mass is 238 g/mol. The molecule has 0 fully saturated rings. The van der Waals surface area contributed by atoms with E-state index in [9.17, 15) is 0 Å². The van der Waals surface area contributed by atoms with Gasteiger partial charge in [-0.3, -0.25) is 0 Å². The van der Waals surface area contributed by atoms with Crippen LogP contribution in [0.15, 0.2) is 49.0 Å². The first-order valence-corrected chi connectivity index (χ1v) is 7.38. The van der Waals surface area contributed by atoms with Crippen LogP contribution in [0, 0.1) is 0 Å². The first kappa shape index (κ1) is 10.7. The number of rotatable bonds is 1. The summed E-state index contributed by atoms with van der Waals surface area (Å²) in [6, 6.07) is 15.2. The maximum Gasteiger partial charge on any atom is -0.000721 e. The molecule has 0 nitrogen and oxygen atoms in total. The van der Waals surface area contributed by atoms with Crippen LogP contribution in [0.3, 0.4) is 0 Å². The van der Waals surface area contributed by atoms with E-state index < -0.39 is 0 Å². The minimum atomic E-state index is 0.855. The van der Waals surface area contributed by atoms with Crippen LogP contribution in [-0.4, -0.2) is 6.66 Å². The van der Waals surface area contributed by atoms with Gasteiger partial charge in [0.15, 0.2) is 0 Å². The quantitative estimate of drug-likeness (QED) is 0.568. The van der Waals surface area contributed by atoms with Crippen LogP contribution in [0.25, 0.3) is 5.57 Å². The molecule has 84 valence electrons. The Balaban J connectivity index is 2.23. The molecule has 0 N–H and O–H groups in total. The fourth-order valence-electron chi connectivity index (χ4n) is 2.60. The molecule has 0 radical (unpaired) electrons. The molecule has 0 aliphatic heterocycles. The van der Waals surface area contributed by atoms with Gasteiger partial charge in [0.25, 0.3) is 0 Å². The van der Waals surface area contributed by atoms with Gasteiger partial charge in [0.05, 0.1) is 0 Å². The lowest BCUT2D eigenvalue weighted by atomic mass is 9.83. The molecule has 2 aromatic carbocycles. The smallest absolute Gasteiger partial charge is 0.000721 e. The van der Waals surface area contributed by atoms with Gasteiger partial charge in [-0.1, -0.05) is 57.6 Å². The molecule has 0 amide bonds. The van der Waals surface area contributed by atoms with Gasteiger partial charge in [0.2, 0.25) is 0 Å².